The van der Waals surface area contributed by atoms with Crippen LogP contribution >= 0.6 is 0 Å². The van der Waals surface area contributed by atoms with Crippen LogP contribution in [0.5, 0.6) is 0 Å². The second-order valence-corrected chi connectivity index (χ2v) is 0.558. The van der Waals surface area contributed by atoms with Crippen molar-refractivity contribution in [2.45, 2.75) is 0 Å². The Morgan fingerprint density at radius 3 is 2.25 bits per heavy atom. The molecule has 0 fully saturated rings. The fraction of sp³-hybridized carbons (Fsp3) is 0.667. The van der Waals surface area contributed by atoms with Crippen molar-refractivity contribution in [1.29, 1.82) is 0 Å². The molecule has 0 spiro atoms. The molecule has 0 aliphatic heterocycles. The van der Waals surface area contributed by atoms with Gasteiger partial charge in [0.2, 0.25) is 0 Å². The molecule has 0 rings (SSSR count). The average Bonchev–Trinajstić information content (AvgIpc) is 1.37. The van der Waals surface area contributed by atoms with Gasteiger partial charge in [-0.3, -0.25) is 0 Å². The normalized spacial score (nSPS) is 7.50. The zero-order valence-electron chi connectivity index (χ0n) is 2.78. The van der Waals surface area contributed by atoms with E-state index in [0.29, 0.717) is 6.54 Å². The third kappa shape index (κ3) is 1.96. The van der Waals surface area contributed by atoms with Crippen LogP contribution in [-0.2, 0) is 0 Å². The van der Waals surface area contributed by atoms with Crippen LogP contribution in [-0.4, -0.2) is 13.6 Å². The Balaban J connectivity index is 1.97. The van der Waals surface area contributed by atoms with E-state index in [1.54, 1.807) is 7.05 Å². The molecule has 0 aromatic carbocycles. The van der Waals surface area contributed by atoms with E-state index in [1.807, 2.05) is 0 Å². The lowest BCUT2D eigenvalue weighted by Gasteiger charge is -1.75. The van der Waals surface area contributed by atoms with Crippen molar-refractivity contribution in [1.82, 2.24) is 5.32 Å². The SMILES string of the molecule is [CH]CNC. The van der Waals surface area contributed by atoms with Gasteiger partial charge in [0.25, 0.3) is 0 Å². The van der Waals surface area contributed by atoms with Crippen molar-refractivity contribution in [2.75, 3.05) is 13.6 Å². The third-order valence-corrected chi connectivity index (χ3v) is 0.204. The van der Waals surface area contributed by atoms with E-state index >= 15 is 0 Å². The molecule has 0 bridgehead atoms. The van der Waals surface area contributed by atoms with Gasteiger partial charge in [0.1, 0.15) is 0 Å². The number of hydrogen-bond acceptors (Lipinski definition) is 1. The van der Waals surface area contributed by atoms with Crippen molar-refractivity contribution in [3.05, 3.63) is 6.92 Å². The number of rotatable bonds is 1. The molecule has 2 radical (unpaired) electrons. The van der Waals surface area contributed by atoms with Gasteiger partial charge in [-0.2, -0.15) is 0 Å². The molecule has 0 unspecified atom stereocenters. The Kier molecular flexibility index (Phi) is 2.93. The van der Waals surface area contributed by atoms with Crippen LogP contribution in [0.3, 0.4) is 0 Å². The lowest BCUT2D eigenvalue weighted by Crippen LogP contribution is -2.01. The number of nitrogens with one attached hydrogen (secondary N) is 1. The Morgan fingerprint density at radius 2 is 2.25 bits per heavy atom. The standard InChI is InChI=1S/C3H7N/c1-3-4-2/h1,4H,3H2,2H3. The maximum absolute atomic E-state index is 4.92. The monoisotopic (exact) mass is 57.1 g/mol. The highest BCUT2D eigenvalue weighted by Gasteiger charge is 1.51. The molecule has 4 heavy (non-hydrogen) atoms. The molecule has 1 N–H and O–H groups in total. The van der Waals surface area contributed by atoms with Gasteiger partial charge in [-0.15, -0.1) is 0 Å². The van der Waals surface area contributed by atoms with Crippen LogP contribution in [0.15, 0.2) is 0 Å². The number of hydrogen-bond donors (Lipinski definition) is 1. The summed E-state index contributed by atoms with van der Waals surface area (Å²) in [4.78, 5) is 0. The summed E-state index contributed by atoms with van der Waals surface area (Å²) in [7, 11) is 1.81. The van der Waals surface area contributed by atoms with Crippen molar-refractivity contribution in [3.8, 4) is 0 Å². The average molecular weight is 57.1 g/mol. The van der Waals surface area contributed by atoms with Gasteiger partial charge in [0.15, 0.2) is 0 Å². The summed E-state index contributed by atoms with van der Waals surface area (Å²) in [5.41, 5.74) is 0. The van der Waals surface area contributed by atoms with Gasteiger partial charge >= 0.3 is 0 Å². The largest absolute Gasteiger partial charge is 0.319 e. The van der Waals surface area contributed by atoms with E-state index in [4.69, 9.17) is 6.92 Å². The minimum absolute atomic E-state index is 0.569. The Bertz CT molecular complexity index is 5.25. The Hall–Kier alpha value is -0.0400. The van der Waals surface area contributed by atoms with Crippen molar-refractivity contribution in [3.63, 3.8) is 0 Å². The Morgan fingerprint density at radius 1 is 2.00 bits per heavy atom. The fourth-order valence-corrected chi connectivity index (χ4v) is 0. The van der Waals surface area contributed by atoms with Crippen molar-refractivity contribution >= 4 is 0 Å². The fourth-order valence-electron chi connectivity index (χ4n) is 0. The first-order chi connectivity index (χ1) is 1.91. The highest BCUT2D eigenvalue weighted by atomic mass is 14.8. The molecule has 0 amide bonds. The predicted molar refractivity (Wildman–Crippen MR) is 18.2 cm³/mol. The second-order valence-electron chi connectivity index (χ2n) is 0.558. The summed E-state index contributed by atoms with van der Waals surface area (Å²) in [6, 6.07) is 0. The van der Waals surface area contributed by atoms with E-state index in [9.17, 15) is 0 Å². The van der Waals surface area contributed by atoms with E-state index in [0.717, 1.165) is 0 Å². The van der Waals surface area contributed by atoms with E-state index in [1.165, 1.54) is 0 Å². The van der Waals surface area contributed by atoms with Crippen LogP contribution in [0.1, 0.15) is 0 Å². The maximum atomic E-state index is 4.92. The van der Waals surface area contributed by atoms with Gasteiger partial charge in [0, 0.05) is 0 Å². The summed E-state index contributed by atoms with van der Waals surface area (Å²) in [6.45, 7) is 5.49. The quantitative estimate of drug-likeness (QED) is 0.443. The maximum Gasteiger partial charge on any atom is -0.00170 e. The van der Waals surface area contributed by atoms with Crippen molar-refractivity contribution < 1.29 is 0 Å². The summed E-state index contributed by atoms with van der Waals surface area (Å²) >= 11 is 0. The molecule has 0 atom stereocenters. The molecular weight excluding hydrogens is 50.0 g/mol. The molecule has 0 aromatic heterocycles. The summed E-state index contributed by atoms with van der Waals surface area (Å²) in [5, 5.41) is 2.71. The lowest BCUT2D eigenvalue weighted by atomic mass is 10.8. The highest BCUT2D eigenvalue weighted by molar-refractivity contribution is 4.33. The second kappa shape index (κ2) is 2.96. The zero-order chi connectivity index (χ0) is 3.41. The van der Waals surface area contributed by atoms with Crippen LogP contribution < -0.4 is 5.32 Å². The van der Waals surface area contributed by atoms with E-state index in [2.05, 4.69) is 5.32 Å². The molecule has 24 valence electrons. The van der Waals surface area contributed by atoms with Gasteiger partial charge < -0.3 is 5.32 Å². The summed E-state index contributed by atoms with van der Waals surface area (Å²) in [6.07, 6.45) is 0. The molecule has 1 heteroatoms. The van der Waals surface area contributed by atoms with Gasteiger partial charge in [-0.25, -0.2) is 0 Å². The topological polar surface area (TPSA) is 12.0 Å². The molecule has 0 saturated heterocycles. The molecule has 0 aromatic rings. The molecule has 0 aliphatic rings. The highest BCUT2D eigenvalue weighted by Crippen LogP contribution is 1.33. The van der Waals surface area contributed by atoms with E-state index < -0.39 is 0 Å². The van der Waals surface area contributed by atoms with Gasteiger partial charge in [0.05, 0.1) is 0 Å². The van der Waals surface area contributed by atoms with Gasteiger partial charge in [-0.05, 0) is 20.5 Å². The lowest BCUT2D eigenvalue weighted by molar-refractivity contribution is 0.918. The zero-order valence-corrected chi connectivity index (χ0v) is 2.78. The molecule has 0 saturated carbocycles. The van der Waals surface area contributed by atoms with Crippen LogP contribution in [0.4, 0.5) is 0 Å². The Labute approximate surface area is 27.0 Å². The van der Waals surface area contributed by atoms with E-state index in [-0.39, 0.29) is 0 Å². The first-order valence-electron chi connectivity index (χ1n) is 1.26. The van der Waals surface area contributed by atoms with Crippen LogP contribution in [0.25, 0.3) is 0 Å². The molecule has 1 nitrogen and oxygen atoms in total. The first kappa shape index (κ1) is 3.96. The van der Waals surface area contributed by atoms with Crippen molar-refractivity contribution in [2.24, 2.45) is 0 Å². The smallest absolute Gasteiger partial charge is 0.00170 e. The van der Waals surface area contributed by atoms with Gasteiger partial charge in [-0.1, -0.05) is 0 Å². The third-order valence-electron chi connectivity index (χ3n) is 0.204. The minimum Gasteiger partial charge on any atom is -0.319 e. The molecule has 0 heterocycles. The molecular formula is C3H7N. The molecule has 0 aliphatic carbocycles. The summed E-state index contributed by atoms with van der Waals surface area (Å²) < 4.78 is 0. The van der Waals surface area contributed by atoms with Crippen LogP contribution in [0.2, 0.25) is 0 Å². The van der Waals surface area contributed by atoms with Crippen LogP contribution in [0, 0.1) is 6.92 Å². The minimum atomic E-state index is 0.569. The first-order valence-corrected chi connectivity index (χ1v) is 1.26. The predicted octanol–water partition coefficient (Wildman–Crippen LogP) is -0.0831. The summed E-state index contributed by atoms with van der Waals surface area (Å²) in [5.74, 6) is 0.